The van der Waals surface area contributed by atoms with Gasteiger partial charge in [-0.2, -0.15) is 4.98 Å². The van der Waals surface area contributed by atoms with Crippen molar-refractivity contribution in [1.29, 1.82) is 0 Å². The summed E-state index contributed by atoms with van der Waals surface area (Å²) in [7, 11) is 2.04. The summed E-state index contributed by atoms with van der Waals surface area (Å²) in [6, 6.07) is 0. The standard InChI is InChI=1S/C16H31N5/c1-4-6-7-14(5-2)15-18-16(20-19-15)21-10-8-13(9-11-21)12-17-3/h13-14,17H,4-12H2,1-3H3,(H,18,19,20). The van der Waals surface area contributed by atoms with Crippen LogP contribution in [0, 0.1) is 5.92 Å². The van der Waals surface area contributed by atoms with E-state index in [1.807, 2.05) is 7.05 Å². The molecule has 0 saturated carbocycles. The third-order valence-corrected chi connectivity index (χ3v) is 4.67. The average molecular weight is 293 g/mol. The molecule has 1 atom stereocenters. The van der Waals surface area contributed by atoms with Crippen molar-refractivity contribution in [3.63, 3.8) is 0 Å². The molecule has 1 saturated heterocycles. The van der Waals surface area contributed by atoms with Crippen LogP contribution in [0.2, 0.25) is 0 Å². The number of hydrogen-bond acceptors (Lipinski definition) is 4. The molecule has 21 heavy (non-hydrogen) atoms. The van der Waals surface area contributed by atoms with Gasteiger partial charge in [0.05, 0.1) is 0 Å². The monoisotopic (exact) mass is 293 g/mol. The lowest BCUT2D eigenvalue weighted by molar-refractivity contribution is 0.391. The molecule has 1 unspecified atom stereocenters. The number of rotatable bonds is 8. The first-order valence-corrected chi connectivity index (χ1v) is 8.60. The summed E-state index contributed by atoms with van der Waals surface area (Å²) in [6.07, 6.45) is 7.33. The molecular formula is C16H31N5. The minimum atomic E-state index is 0.535. The summed E-state index contributed by atoms with van der Waals surface area (Å²) in [5, 5.41) is 10.9. The topological polar surface area (TPSA) is 56.8 Å². The minimum absolute atomic E-state index is 0.535. The van der Waals surface area contributed by atoms with Gasteiger partial charge in [-0.1, -0.05) is 26.7 Å². The number of aromatic nitrogens is 3. The second kappa shape index (κ2) is 8.37. The zero-order valence-corrected chi connectivity index (χ0v) is 13.9. The SMILES string of the molecule is CCCCC(CC)c1nc(N2CCC(CNC)CC2)n[nH]1. The molecule has 0 aromatic carbocycles. The second-order valence-electron chi connectivity index (χ2n) is 6.26. The van der Waals surface area contributed by atoms with Crippen LogP contribution >= 0.6 is 0 Å². The van der Waals surface area contributed by atoms with E-state index >= 15 is 0 Å². The number of hydrogen-bond donors (Lipinski definition) is 2. The molecule has 0 bridgehead atoms. The van der Waals surface area contributed by atoms with Gasteiger partial charge >= 0.3 is 0 Å². The highest BCUT2D eigenvalue weighted by molar-refractivity contribution is 5.29. The lowest BCUT2D eigenvalue weighted by atomic mass is 9.97. The van der Waals surface area contributed by atoms with E-state index in [9.17, 15) is 0 Å². The first-order chi connectivity index (χ1) is 10.3. The van der Waals surface area contributed by atoms with Gasteiger partial charge in [0.15, 0.2) is 0 Å². The second-order valence-corrected chi connectivity index (χ2v) is 6.26. The Labute approximate surface area is 128 Å². The fraction of sp³-hybridized carbons (Fsp3) is 0.875. The van der Waals surface area contributed by atoms with Crippen molar-refractivity contribution in [2.24, 2.45) is 5.92 Å². The minimum Gasteiger partial charge on any atom is -0.340 e. The number of nitrogens with zero attached hydrogens (tertiary/aromatic N) is 3. The van der Waals surface area contributed by atoms with Gasteiger partial charge in [0.2, 0.25) is 5.95 Å². The van der Waals surface area contributed by atoms with Crippen LogP contribution in [0.15, 0.2) is 0 Å². The van der Waals surface area contributed by atoms with Crippen LogP contribution in [0.1, 0.15) is 64.1 Å². The van der Waals surface area contributed by atoms with Crippen LogP contribution in [0.4, 0.5) is 5.95 Å². The van der Waals surface area contributed by atoms with Crippen LogP contribution < -0.4 is 10.2 Å². The first-order valence-electron chi connectivity index (χ1n) is 8.60. The van der Waals surface area contributed by atoms with E-state index in [-0.39, 0.29) is 0 Å². The molecule has 1 aromatic heterocycles. The van der Waals surface area contributed by atoms with Gasteiger partial charge in [-0.05, 0) is 45.2 Å². The third kappa shape index (κ3) is 4.43. The van der Waals surface area contributed by atoms with Crippen LogP contribution in [0.3, 0.4) is 0 Å². The molecule has 0 spiro atoms. The van der Waals surface area contributed by atoms with Crippen molar-refractivity contribution in [1.82, 2.24) is 20.5 Å². The molecule has 2 N–H and O–H groups in total. The highest BCUT2D eigenvalue weighted by atomic mass is 15.4. The van der Waals surface area contributed by atoms with Crippen molar-refractivity contribution < 1.29 is 0 Å². The molecule has 5 heteroatoms. The quantitative estimate of drug-likeness (QED) is 0.774. The van der Waals surface area contributed by atoms with Gasteiger partial charge in [-0.15, -0.1) is 5.10 Å². The molecule has 0 amide bonds. The van der Waals surface area contributed by atoms with Gasteiger partial charge < -0.3 is 10.2 Å². The molecule has 2 rings (SSSR count). The number of nitrogens with one attached hydrogen (secondary N) is 2. The maximum Gasteiger partial charge on any atom is 0.244 e. The molecule has 0 radical (unpaired) electrons. The third-order valence-electron chi connectivity index (χ3n) is 4.67. The Hall–Kier alpha value is -1.10. The first kappa shape index (κ1) is 16.3. The Morgan fingerprint density at radius 2 is 2.10 bits per heavy atom. The maximum absolute atomic E-state index is 4.77. The molecule has 5 nitrogen and oxygen atoms in total. The Kier molecular flexibility index (Phi) is 6.49. The molecule has 1 aliphatic heterocycles. The van der Waals surface area contributed by atoms with Gasteiger partial charge in [0.25, 0.3) is 0 Å². The molecule has 1 fully saturated rings. The number of unbranched alkanes of at least 4 members (excludes halogenated alkanes) is 1. The summed E-state index contributed by atoms with van der Waals surface area (Å²) >= 11 is 0. The van der Waals surface area contributed by atoms with E-state index in [2.05, 4.69) is 34.3 Å². The van der Waals surface area contributed by atoms with Crippen LogP contribution in [0.25, 0.3) is 0 Å². The average Bonchev–Trinajstić information content (AvgIpc) is 2.99. The summed E-state index contributed by atoms with van der Waals surface area (Å²) in [4.78, 5) is 7.10. The van der Waals surface area contributed by atoms with E-state index in [1.54, 1.807) is 0 Å². The highest BCUT2D eigenvalue weighted by Crippen LogP contribution is 2.25. The van der Waals surface area contributed by atoms with Crippen molar-refractivity contribution in [3.05, 3.63) is 5.82 Å². The summed E-state index contributed by atoms with van der Waals surface area (Å²) in [6.45, 7) is 7.77. The Morgan fingerprint density at radius 3 is 2.71 bits per heavy atom. The lowest BCUT2D eigenvalue weighted by Gasteiger charge is -2.31. The van der Waals surface area contributed by atoms with Crippen molar-refractivity contribution >= 4 is 5.95 Å². The summed E-state index contributed by atoms with van der Waals surface area (Å²) in [5.41, 5.74) is 0. The smallest absolute Gasteiger partial charge is 0.244 e. The molecule has 1 aromatic rings. The van der Waals surface area contributed by atoms with E-state index in [0.29, 0.717) is 5.92 Å². The molecule has 120 valence electrons. The Bertz CT molecular complexity index is 395. The van der Waals surface area contributed by atoms with Gasteiger partial charge in [0.1, 0.15) is 5.82 Å². The van der Waals surface area contributed by atoms with Crippen molar-refractivity contribution in [2.75, 3.05) is 31.6 Å². The van der Waals surface area contributed by atoms with E-state index in [0.717, 1.165) is 43.7 Å². The highest BCUT2D eigenvalue weighted by Gasteiger charge is 2.22. The van der Waals surface area contributed by atoms with Crippen LogP contribution in [-0.2, 0) is 0 Å². The number of H-pyrrole nitrogens is 1. The fourth-order valence-electron chi connectivity index (χ4n) is 3.20. The fourth-order valence-corrected chi connectivity index (χ4v) is 3.20. The largest absolute Gasteiger partial charge is 0.340 e. The molecular weight excluding hydrogens is 262 g/mol. The zero-order chi connectivity index (χ0) is 15.1. The number of piperidine rings is 1. The summed E-state index contributed by atoms with van der Waals surface area (Å²) in [5.74, 6) is 3.33. The molecule has 1 aliphatic rings. The van der Waals surface area contributed by atoms with E-state index < -0.39 is 0 Å². The predicted molar refractivity (Wildman–Crippen MR) is 87.8 cm³/mol. The predicted octanol–water partition coefficient (Wildman–Crippen LogP) is 2.92. The molecule has 2 heterocycles. The maximum atomic E-state index is 4.77. The van der Waals surface area contributed by atoms with Crippen LogP contribution in [0.5, 0.6) is 0 Å². The van der Waals surface area contributed by atoms with Gasteiger partial charge in [-0.25, -0.2) is 0 Å². The zero-order valence-electron chi connectivity index (χ0n) is 13.9. The summed E-state index contributed by atoms with van der Waals surface area (Å²) < 4.78 is 0. The lowest BCUT2D eigenvalue weighted by Crippen LogP contribution is -2.37. The van der Waals surface area contributed by atoms with E-state index in [4.69, 9.17) is 4.98 Å². The van der Waals surface area contributed by atoms with Crippen molar-refractivity contribution in [3.8, 4) is 0 Å². The van der Waals surface area contributed by atoms with Gasteiger partial charge in [0, 0.05) is 19.0 Å². The van der Waals surface area contributed by atoms with Gasteiger partial charge in [-0.3, -0.25) is 5.10 Å². The van der Waals surface area contributed by atoms with Crippen LogP contribution in [-0.4, -0.2) is 41.9 Å². The normalized spacial score (nSPS) is 18.1. The Morgan fingerprint density at radius 1 is 1.33 bits per heavy atom. The Balaban J connectivity index is 1.90. The molecule has 0 aliphatic carbocycles. The van der Waals surface area contributed by atoms with Crippen molar-refractivity contribution in [2.45, 2.75) is 58.3 Å². The number of anilines is 1. The number of aromatic amines is 1. The van der Waals surface area contributed by atoms with E-state index in [1.165, 1.54) is 32.1 Å².